The fourth-order valence-electron chi connectivity index (χ4n) is 4.41. The van der Waals surface area contributed by atoms with Gasteiger partial charge >= 0.3 is 0 Å². The zero-order chi connectivity index (χ0) is 19.1. The molecule has 28 heavy (non-hydrogen) atoms. The molecule has 0 spiro atoms. The minimum Gasteiger partial charge on any atom is -0.391 e. The van der Waals surface area contributed by atoms with Crippen molar-refractivity contribution in [3.05, 3.63) is 77.0 Å². The van der Waals surface area contributed by atoms with Gasteiger partial charge in [0.05, 0.1) is 24.8 Å². The Bertz CT molecular complexity index is 1040. The van der Waals surface area contributed by atoms with E-state index in [2.05, 4.69) is 11.1 Å². The van der Waals surface area contributed by atoms with Crippen molar-refractivity contribution in [2.24, 2.45) is 5.92 Å². The highest BCUT2D eigenvalue weighted by Crippen LogP contribution is 2.29. The van der Waals surface area contributed by atoms with Crippen LogP contribution in [0.3, 0.4) is 0 Å². The molecule has 142 valence electrons. The van der Waals surface area contributed by atoms with Gasteiger partial charge in [0.15, 0.2) is 0 Å². The number of aliphatic hydroxyl groups is 1. The summed E-state index contributed by atoms with van der Waals surface area (Å²) >= 11 is 0. The number of ether oxygens (including phenoxy) is 1. The number of β-amino-alcohol motifs (C(OH)–C–C–N with tert-alkyl or cyclic N) is 1. The average molecular weight is 374 g/mol. The molecule has 0 saturated carbocycles. The summed E-state index contributed by atoms with van der Waals surface area (Å²) in [6, 6.07) is 15.8. The summed E-state index contributed by atoms with van der Waals surface area (Å²) in [5, 5.41) is 11.8. The Morgan fingerprint density at radius 2 is 2.00 bits per heavy atom. The highest BCUT2D eigenvalue weighted by molar-refractivity contribution is 5.96. The van der Waals surface area contributed by atoms with E-state index in [1.165, 1.54) is 0 Å². The first-order chi connectivity index (χ1) is 13.7. The number of carbonyl (C=O) groups excluding carboxylic acids is 1. The Balaban J connectivity index is 1.37. The lowest BCUT2D eigenvalue weighted by Gasteiger charge is -2.18. The Morgan fingerprint density at radius 1 is 1.11 bits per heavy atom. The molecule has 0 radical (unpaired) electrons. The molecule has 2 atom stereocenters. The van der Waals surface area contributed by atoms with Crippen molar-refractivity contribution in [2.75, 3.05) is 13.1 Å². The van der Waals surface area contributed by atoms with Crippen LogP contribution >= 0.6 is 0 Å². The summed E-state index contributed by atoms with van der Waals surface area (Å²) in [6.45, 7) is 1.98. The number of hydrogen-bond acceptors (Lipinski definition) is 4. The lowest BCUT2D eigenvalue weighted by atomic mass is 9.94. The van der Waals surface area contributed by atoms with Gasteiger partial charge in [0.2, 0.25) is 0 Å². The summed E-state index contributed by atoms with van der Waals surface area (Å²) in [4.78, 5) is 19.3. The van der Waals surface area contributed by atoms with Crippen LogP contribution in [0.4, 0.5) is 0 Å². The molecular weight excluding hydrogens is 352 g/mol. The molecule has 1 fully saturated rings. The molecule has 5 nitrogen and oxygen atoms in total. The number of benzene rings is 2. The van der Waals surface area contributed by atoms with E-state index in [0.717, 1.165) is 34.0 Å². The van der Waals surface area contributed by atoms with Crippen LogP contribution in [0.15, 0.2) is 54.7 Å². The first-order valence-corrected chi connectivity index (χ1v) is 9.69. The molecule has 3 aromatic rings. The number of aliphatic hydroxyl groups excluding tert-OH is 1. The van der Waals surface area contributed by atoms with E-state index in [1.54, 1.807) is 4.90 Å². The van der Waals surface area contributed by atoms with Gasteiger partial charge in [0.1, 0.15) is 0 Å². The SMILES string of the molecule is O=C(c1cccc2c1COC2)N1C[C@@H](Cc2ccnc3ccccc23)[C@H](O)C1. The molecule has 3 heterocycles. The average Bonchev–Trinajstić information content (AvgIpc) is 3.34. The molecule has 5 heteroatoms. The number of rotatable bonds is 3. The van der Waals surface area contributed by atoms with Gasteiger partial charge in [-0.3, -0.25) is 9.78 Å². The van der Waals surface area contributed by atoms with E-state index in [0.29, 0.717) is 31.9 Å². The first-order valence-electron chi connectivity index (χ1n) is 9.69. The molecule has 1 saturated heterocycles. The van der Waals surface area contributed by atoms with E-state index < -0.39 is 6.10 Å². The maximum absolute atomic E-state index is 13.1. The maximum Gasteiger partial charge on any atom is 0.254 e. The monoisotopic (exact) mass is 374 g/mol. The van der Waals surface area contributed by atoms with Crippen LogP contribution < -0.4 is 0 Å². The minimum absolute atomic E-state index is 0.0107. The summed E-state index contributed by atoms with van der Waals surface area (Å²) in [6.07, 6.45) is 2.02. The van der Waals surface area contributed by atoms with E-state index in [1.807, 2.05) is 48.7 Å². The van der Waals surface area contributed by atoms with Crippen LogP contribution in [-0.4, -0.2) is 40.1 Å². The zero-order valence-electron chi connectivity index (χ0n) is 15.5. The molecule has 2 aromatic carbocycles. The van der Waals surface area contributed by atoms with Gasteiger partial charge < -0.3 is 14.7 Å². The maximum atomic E-state index is 13.1. The number of amides is 1. The van der Waals surface area contributed by atoms with E-state index in [-0.39, 0.29) is 11.8 Å². The van der Waals surface area contributed by atoms with Crippen LogP contribution in [0.25, 0.3) is 10.9 Å². The van der Waals surface area contributed by atoms with Crippen molar-refractivity contribution >= 4 is 16.8 Å². The van der Waals surface area contributed by atoms with Crippen LogP contribution in [0.1, 0.15) is 27.0 Å². The number of aromatic nitrogens is 1. The molecule has 5 rings (SSSR count). The van der Waals surface area contributed by atoms with Crippen molar-refractivity contribution in [2.45, 2.75) is 25.7 Å². The number of likely N-dealkylation sites (tertiary alicyclic amines) is 1. The Labute approximate surface area is 163 Å². The van der Waals surface area contributed by atoms with E-state index in [4.69, 9.17) is 4.74 Å². The number of hydrogen-bond donors (Lipinski definition) is 1. The lowest BCUT2D eigenvalue weighted by Crippen LogP contribution is -2.30. The molecule has 0 aliphatic carbocycles. The predicted octanol–water partition coefficient (Wildman–Crippen LogP) is 2.94. The summed E-state index contributed by atoms with van der Waals surface area (Å²) in [5.74, 6) is 0.00579. The van der Waals surface area contributed by atoms with Gasteiger partial charge in [-0.25, -0.2) is 0 Å². The molecule has 1 aromatic heterocycles. The summed E-state index contributed by atoms with van der Waals surface area (Å²) in [5.41, 5.74) is 4.91. The number of pyridine rings is 1. The van der Waals surface area contributed by atoms with E-state index in [9.17, 15) is 9.90 Å². The van der Waals surface area contributed by atoms with Crippen molar-refractivity contribution in [3.63, 3.8) is 0 Å². The van der Waals surface area contributed by atoms with Crippen LogP contribution in [0, 0.1) is 5.92 Å². The standard InChI is InChI=1S/C23H22N2O3/c26-22-12-25(23(27)19-6-3-4-16-13-28-14-20(16)19)11-17(22)10-15-8-9-24-21-7-2-1-5-18(15)21/h1-9,17,22,26H,10-14H2/t17-,22-/m1/s1. The van der Waals surface area contributed by atoms with Crippen molar-refractivity contribution in [3.8, 4) is 0 Å². The Morgan fingerprint density at radius 3 is 2.93 bits per heavy atom. The molecule has 2 aliphatic rings. The highest BCUT2D eigenvalue weighted by atomic mass is 16.5. The molecule has 1 N–H and O–H groups in total. The Hall–Kier alpha value is -2.76. The number of para-hydroxylation sites is 1. The smallest absolute Gasteiger partial charge is 0.254 e. The zero-order valence-corrected chi connectivity index (χ0v) is 15.5. The second-order valence-corrected chi connectivity index (χ2v) is 7.66. The van der Waals surface area contributed by atoms with Gasteiger partial charge in [0.25, 0.3) is 5.91 Å². The number of nitrogens with zero attached hydrogens (tertiary/aromatic N) is 2. The summed E-state index contributed by atoms with van der Waals surface area (Å²) in [7, 11) is 0. The lowest BCUT2D eigenvalue weighted by molar-refractivity contribution is 0.0760. The number of fused-ring (bicyclic) bond motifs is 2. The quantitative estimate of drug-likeness (QED) is 0.766. The van der Waals surface area contributed by atoms with Crippen LogP contribution in [0.5, 0.6) is 0 Å². The number of carbonyl (C=O) groups is 1. The van der Waals surface area contributed by atoms with Gasteiger partial charge in [0, 0.05) is 36.2 Å². The van der Waals surface area contributed by atoms with Crippen LogP contribution in [0.2, 0.25) is 0 Å². The highest BCUT2D eigenvalue weighted by Gasteiger charge is 2.35. The Kier molecular flexibility index (Phi) is 4.34. The van der Waals surface area contributed by atoms with Gasteiger partial charge in [-0.05, 0) is 41.3 Å². The normalized spacial score (nSPS) is 21.2. The van der Waals surface area contributed by atoms with Crippen LogP contribution in [-0.2, 0) is 24.4 Å². The second-order valence-electron chi connectivity index (χ2n) is 7.66. The molecule has 0 unspecified atom stereocenters. The third kappa shape index (κ3) is 2.97. The summed E-state index contributed by atoms with van der Waals surface area (Å²) < 4.78 is 5.50. The van der Waals surface area contributed by atoms with Gasteiger partial charge in [-0.2, -0.15) is 0 Å². The molecule has 2 aliphatic heterocycles. The minimum atomic E-state index is -0.524. The van der Waals surface area contributed by atoms with Crippen molar-refractivity contribution in [1.82, 2.24) is 9.88 Å². The fraction of sp³-hybridized carbons (Fsp3) is 0.304. The third-order valence-electron chi connectivity index (χ3n) is 5.92. The topological polar surface area (TPSA) is 62.7 Å². The van der Waals surface area contributed by atoms with E-state index >= 15 is 0 Å². The predicted molar refractivity (Wildman–Crippen MR) is 106 cm³/mol. The first kappa shape index (κ1) is 17.3. The van der Waals surface area contributed by atoms with Gasteiger partial charge in [-0.1, -0.05) is 30.3 Å². The largest absolute Gasteiger partial charge is 0.391 e. The molecular formula is C23H22N2O3. The molecule has 1 amide bonds. The third-order valence-corrected chi connectivity index (χ3v) is 5.92. The van der Waals surface area contributed by atoms with Gasteiger partial charge in [-0.15, -0.1) is 0 Å². The van der Waals surface area contributed by atoms with Crippen molar-refractivity contribution < 1.29 is 14.6 Å². The second kappa shape index (κ2) is 7.00. The molecule has 0 bridgehead atoms. The fourth-order valence-corrected chi connectivity index (χ4v) is 4.41. The van der Waals surface area contributed by atoms with Crippen molar-refractivity contribution in [1.29, 1.82) is 0 Å².